The van der Waals surface area contributed by atoms with Gasteiger partial charge in [0.1, 0.15) is 5.75 Å². The van der Waals surface area contributed by atoms with Crippen molar-refractivity contribution in [2.45, 2.75) is 19.8 Å². The molecule has 0 spiro atoms. The number of carbonyl (C=O) groups is 2. The number of methoxy groups -OCH3 is 1. The molecule has 6 nitrogen and oxygen atoms in total. The lowest BCUT2D eigenvalue weighted by molar-refractivity contribution is -0.120. The Morgan fingerprint density at radius 2 is 1.77 bits per heavy atom. The molecule has 0 aromatic heterocycles. The largest absolute Gasteiger partial charge is 0.496 e. The van der Waals surface area contributed by atoms with E-state index in [9.17, 15) is 9.59 Å². The molecular weight excluding hydrogens is 330 g/mol. The summed E-state index contributed by atoms with van der Waals surface area (Å²) in [6.07, 6.45) is 1.10. The van der Waals surface area contributed by atoms with Crippen molar-refractivity contribution in [3.05, 3.63) is 54.1 Å². The molecule has 0 atom stereocenters. The highest BCUT2D eigenvalue weighted by atomic mass is 16.5. The second-order valence-corrected chi connectivity index (χ2v) is 5.85. The molecule has 0 radical (unpaired) electrons. The van der Waals surface area contributed by atoms with E-state index in [0.717, 1.165) is 29.1 Å². The highest BCUT2D eigenvalue weighted by Gasteiger charge is 2.04. The van der Waals surface area contributed by atoms with Gasteiger partial charge in [-0.05, 0) is 36.2 Å². The average Bonchev–Trinajstić information content (AvgIpc) is 2.62. The van der Waals surface area contributed by atoms with Crippen LogP contribution in [0.5, 0.6) is 5.75 Å². The van der Waals surface area contributed by atoms with Crippen molar-refractivity contribution < 1.29 is 14.3 Å². The molecule has 2 aromatic carbocycles. The number of ether oxygens (including phenoxy) is 1. The van der Waals surface area contributed by atoms with E-state index in [-0.39, 0.29) is 11.8 Å². The molecule has 26 heavy (non-hydrogen) atoms. The van der Waals surface area contributed by atoms with Gasteiger partial charge in [0, 0.05) is 37.8 Å². The molecule has 0 fully saturated rings. The zero-order chi connectivity index (χ0) is 18.8. The number of amides is 2. The molecule has 2 amide bonds. The average molecular weight is 355 g/mol. The Morgan fingerprint density at radius 1 is 1.00 bits per heavy atom. The van der Waals surface area contributed by atoms with Crippen molar-refractivity contribution in [1.29, 1.82) is 0 Å². The van der Waals surface area contributed by atoms with Gasteiger partial charge in [0.2, 0.25) is 11.8 Å². The first kappa shape index (κ1) is 19.3. The molecule has 0 saturated heterocycles. The monoisotopic (exact) mass is 355 g/mol. The fraction of sp³-hybridized carbons (Fsp3) is 0.300. The maximum atomic E-state index is 12.0. The molecule has 0 bridgehead atoms. The van der Waals surface area contributed by atoms with Crippen LogP contribution in [-0.2, 0) is 16.0 Å². The summed E-state index contributed by atoms with van der Waals surface area (Å²) in [6.45, 7) is 2.55. The Morgan fingerprint density at radius 3 is 2.54 bits per heavy atom. The van der Waals surface area contributed by atoms with E-state index in [1.54, 1.807) is 7.11 Å². The summed E-state index contributed by atoms with van der Waals surface area (Å²) in [7, 11) is 1.64. The summed E-state index contributed by atoms with van der Waals surface area (Å²) < 4.78 is 5.30. The molecule has 0 aliphatic heterocycles. The third-order valence-electron chi connectivity index (χ3n) is 3.77. The third-order valence-corrected chi connectivity index (χ3v) is 3.77. The molecule has 0 saturated carbocycles. The molecule has 0 aliphatic carbocycles. The van der Waals surface area contributed by atoms with Crippen molar-refractivity contribution in [3.63, 3.8) is 0 Å². The topological polar surface area (TPSA) is 79.5 Å². The van der Waals surface area contributed by atoms with Gasteiger partial charge < -0.3 is 20.7 Å². The Hall–Kier alpha value is -3.02. The number of hydrogen-bond acceptors (Lipinski definition) is 4. The van der Waals surface area contributed by atoms with Crippen LogP contribution in [0.2, 0.25) is 0 Å². The van der Waals surface area contributed by atoms with Gasteiger partial charge >= 0.3 is 0 Å². The number of carbonyl (C=O) groups excluding carboxylic acids is 2. The maximum Gasteiger partial charge on any atom is 0.221 e. The Bertz CT molecular complexity index is 747. The first-order valence-electron chi connectivity index (χ1n) is 8.58. The van der Waals surface area contributed by atoms with Crippen LogP contribution in [0.4, 0.5) is 11.4 Å². The Kier molecular flexibility index (Phi) is 7.49. The number of anilines is 2. The molecule has 2 aromatic rings. The summed E-state index contributed by atoms with van der Waals surface area (Å²) in [6, 6.07) is 15.2. The molecule has 2 rings (SSSR count). The number of para-hydroxylation sites is 1. The van der Waals surface area contributed by atoms with E-state index < -0.39 is 0 Å². The summed E-state index contributed by atoms with van der Waals surface area (Å²) in [5, 5.41) is 8.83. The highest BCUT2D eigenvalue weighted by molar-refractivity contribution is 5.89. The van der Waals surface area contributed by atoms with Crippen molar-refractivity contribution in [2.24, 2.45) is 0 Å². The van der Waals surface area contributed by atoms with Gasteiger partial charge in [0.05, 0.1) is 7.11 Å². The zero-order valence-corrected chi connectivity index (χ0v) is 15.2. The lowest BCUT2D eigenvalue weighted by Crippen LogP contribution is -2.27. The first-order valence-corrected chi connectivity index (χ1v) is 8.58. The first-order chi connectivity index (χ1) is 12.6. The Labute approximate surface area is 153 Å². The van der Waals surface area contributed by atoms with Gasteiger partial charge in [-0.3, -0.25) is 9.59 Å². The van der Waals surface area contributed by atoms with E-state index in [0.29, 0.717) is 19.5 Å². The van der Waals surface area contributed by atoms with E-state index in [1.165, 1.54) is 6.92 Å². The van der Waals surface area contributed by atoms with Gasteiger partial charge in [-0.25, -0.2) is 0 Å². The number of rotatable bonds is 9. The molecule has 138 valence electrons. The van der Waals surface area contributed by atoms with Gasteiger partial charge in [0.15, 0.2) is 0 Å². The number of benzene rings is 2. The minimum Gasteiger partial charge on any atom is -0.496 e. The molecular formula is C20H25N3O3. The van der Waals surface area contributed by atoms with Gasteiger partial charge in [-0.2, -0.15) is 0 Å². The van der Waals surface area contributed by atoms with Crippen LogP contribution < -0.4 is 20.7 Å². The third kappa shape index (κ3) is 6.47. The van der Waals surface area contributed by atoms with Crippen LogP contribution in [-0.4, -0.2) is 32.0 Å². The molecule has 3 N–H and O–H groups in total. The van der Waals surface area contributed by atoms with Crippen LogP contribution >= 0.6 is 0 Å². The van der Waals surface area contributed by atoms with Crippen LogP contribution in [0, 0.1) is 0 Å². The van der Waals surface area contributed by atoms with Crippen molar-refractivity contribution in [1.82, 2.24) is 5.32 Å². The zero-order valence-electron chi connectivity index (χ0n) is 15.2. The van der Waals surface area contributed by atoms with Crippen molar-refractivity contribution in [3.8, 4) is 5.75 Å². The predicted octanol–water partition coefficient (Wildman–Crippen LogP) is 2.81. The maximum absolute atomic E-state index is 12.0. The van der Waals surface area contributed by atoms with E-state index in [4.69, 9.17) is 4.74 Å². The fourth-order valence-electron chi connectivity index (χ4n) is 2.57. The lowest BCUT2D eigenvalue weighted by atomic mass is 10.1. The van der Waals surface area contributed by atoms with Crippen molar-refractivity contribution in [2.75, 3.05) is 30.8 Å². The van der Waals surface area contributed by atoms with E-state index in [1.807, 2.05) is 48.5 Å². The minimum absolute atomic E-state index is 0.00888. The Balaban J connectivity index is 1.70. The molecule has 0 aliphatic rings. The molecule has 0 unspecified atom stereocenters. The summed E-state index contributed by atoms with van der Waals surface area (Å²) in [5.41, 5.74) is 2.66. The number of hydrogen-bond donors (Lipinski definition) is 3. The van der Waals surface area contributed by atoms with Crippen LogP contribution in [0.1, 0.15) is 18.9 Å². The fourth-order valence-corrected chi connectivity index (χ4v) is 2.57. The van der Waals surface area contributed by atoms with Crippen molar-refractivity contribution >= 4 is 23.2 Å². The second-order valence-electron chi connectivity index (χ2n) is 5.85. The smallest absolute Gasteiger partial charge is 0.221 e. The van der Waals surface area contributed by atoms with Gasteiger partial charge in [0.25, 0.3) is 0 Å². The van der Waals surface area contributed by atoms with Crippen LogP contribution in [0.3, 0.4) is 0 Å². The normalized spacial score (nSPS) is 10.1. The molecule has 0 heterocycles. The van der Waals surface area contributed by atoms with Gasteiger partial charge in [-0.1, -0.05) is 24.3 Å². The van der Waals surface area contributed by atoms with E-state index >= 15 is 0 Å². The van der Waals surface area contributed by atoms with E-state index in [2.05, 4.69) is 16.0 Å². The van der Waals surface area contributed by atoms with Crippen LogP contribution in [0.15, 0.2) is 48.5 Å². The predicted molar refractivity (Wildman–Crippen MR) is 104 cm³/mol. The minimum atomic E-state index is -0.114. The quantitative estimate of drug-likeness (QED) is 0.646. The second kappa shape index (κ2) is 10.1. The number of nitrogens with one attached hydrogen (secondary N) is 3. The van der Waals surface area contributed by atoms with Gasteiger partial charge in [-0.15, -0.1) is 0 Å². The SMILES string of the molecule is COc1ccccc1CCNC(=O)CCNc1cccc(NC(C)=O)c1. The summed E-state index contributed by atoms with van der Waals surface area (Å²) in [5.74, 6) is 0.712. The van der Waals surface area contributed by atoms with Crippen LogP contribution in [0.25, 0.3) is 0 Å². The summed E-state index contributed by atoms with van der Waals surface area (Å²) >= 11 is 0. The summed E-state index contributed by atoms with van der Waals surface area (Å²) in [4.78, 5) is 23.0. The highest BCUT2D eigenvalue weighted by Crippen LogP contribution is 2.17. The lowest BCUT2D eigenvalue weighted by Gasteiger charge is -2.10. The molecule has 6 heteroatoms. The standard InChI is InChI=1S/C20H25N3O3/c1-15(24)23-18-8-5-7-17(14-18)21-13-11-20(25)22-12-10-16-6-3-4-9-19(16)26-2/h3-9,14,21H,10-13H2,1-2H3,(H,22,25)(H,23,24).